The first-order chi connectivity index (χ1) is 9.15. The molecule has 0 aliphatic heterocycles. The molecule has 3 aromatic rings. The van der Waals surface area contributed by atoms with Gasteiger partial charge in [0.25, 0.3) is 0 Å². The lowest BCUT2D eigenvalue weighted by Crippen LogP contribution is -1.99. The number of imidazole rings is 1. The third-order valence-electron chi connectivity index (χ3n) is 2.97. The number of benzene rings is 1. The molecule has 0 atom stereocenters. The Hall–Kier alpha value is -2.69. The highest BCUT2D eigenvalue weighted by Crippen LogP contribution is 2.22. The van der Waals surface area contributed by atoms with Gasteiger partial charge in [0.05, 0.1) is 16.6 Å². The van der Waals surface area contributed by atoms with Crippen molar-refractivity contribution in [2.45, 2.75) is 6.92 Å². The van der Waals surface area contributed by atoms with Crippen LogP contribution in [0.15, 0.2) is 36.5 Å². The van der Waals surface area contributed by atoms with E-state index < -0.39 is 5.97 Å². The maximum absolute atomic E-state index is 11.1. The van der Waals surface area contributed by atoms with E-state index in [9.17, 15) is 4.79 Å². The lowest BCUT2D eigenvalue weighted by atomic mass is 10.1. The fourth-order valence-corrected chi connectivity index (χ4v) is 2.02. The van der Waals surface area contributed by atoms with Crippen LogP contribution in [0.5, 0.6) is 0 Å². The van der Waals surface area contributed by atoms with E-state index in [1.165, 1.54) is 0 Å². The molecular weight excluding hydrogens is 242 g/mol. The molecule has 0 aliphatic rings. The first kappa shape index (κ1) is 11.4. The van der Waals surface area contributed by atoms with Gasteiger partial charge in [-0.3, -0.25) is 4.98 Å². The minimum absolute atomic E-state index is 0.270. The Balaban J connectivity index is 2.19. The Labute approximate surface area is 109 Å². The van der Waals surface area contributed by atoms with E-state index in [1.54, 1.807) is 25.3 Å². The fraction of sp³-hybridized carbons (Fsp3) is 0.0714. The summed E-state index contributed by atoms with van der Waals surface area (Å²) in [5.74, 6) is -0.306. The van der Waals surface area contributed by atoms with Crippen LogP contribution < -0.4 is 0 Å². The average Bonchev–Trinajstić information content (AvgIpc) is 2.81. The maximum Gasteiger partial charge on any atom is 0.336 e. The molecule has 0 amide bonds. The highest BCUT2D eigenvalue weighted by atomic mass is 16.4. The normalized spacial score (nSPS) is 10.8. The Bertz CT molecular complexity index is 763. The van der Waals surface area contributed by atoms with Gasteiger partial charge in [0.1, 0.15) is 5.69 Å². The Morgan fingerprint density at radius 2 is 2.16 bits per heavy atom. The minimum atomic E-state index is -0.943. The summed E-state index contributed by atoms with van der Waals surface area (Å²) in [6, 6.07) is 8.93. The summed E-state index contributed by atoms with van der Waals surface area (Å²) in [6.45, 7) is 1.77. The largest absolute Gasteiger partial charge is 0.478 e. The topological polar surface area (TPSA) is 78.9 Å². The summed E-state index contributed by atoms with van der Waals surface area (Å²) in [6.07, 6.45) is 1.69. The zero-order valence-corrected chi connectivity index (χ0v) is 10.2. The van der Waals surface area contributed by atoms with E-state index in [2.05, 4.69) is 15.0 Å². The number of rotatable bonds is 2. The molecule has 0 bridgehead atoms. The smallest absolute Gasteiger partial charge is 0.336 e. The van der Waals surface area contributed by atoms with Gasteiger partial charge in [-0.15, -0.1) is 0 Å². The maximum atomic E-state index is 11.1. The molecule has 0 spiro atoms. The van der Waals surface area contributed by atoms with Crippen LogP contribution in [0, 0.1) is 6.92 Å². The van der Waals surface area contributed by atoms with Crippen molar-refractivity contribution in [2.24, 2.45) is 0 Å². The number of H-pyrrole nitrogens is 1. The van der Waals surface area contributed by atoms with Crippen molar-refractivity contribution < 1.29 is 9.90 Å². The van der Waals surface area contributed by atoms with Crippen molar-refractivity contribution in [3.8, 4) is 11.5 Å². The van der Waals surface area contributed by atoms with Crippen molar-refractivity contribution in [3.05, 3.63) is 47.7 Å². The molecule has 0 saturated carbocycles. The van der Waals surface area contributed by atoms with Crippen LogP contribution in [0.1, 0.15) is 15.9 Å². The van der Waals surface area contributed by atoms with E-state index in [4.69, 9.17) is 5.11 Å². The SMILES string of the molecule is Cc1cc2[nH]c(-c3ccccn3)nc2cc1C(=O)O. The third kappa shape index (κ3) is 1.95. The summed E-state index contributed by atoms with van der Waals surface area (Å²) in [5, 5.41) is 9.10. The molecule has 1 aromatic carbocycles. The number of pyridine rings is 1. The van der Waals surface area contributed by atoms with E-state index >= 15 is 0 Å². The van der Waals surface area contributed by atoms with Gasteiger partial charge in [0.2, 0.25) is 0 Å². The van der Waals surface area contributed by atoms with Crippen molar-refractivity contribution in [3.63, 3.8) is 0 Å². The summed E-state index contributed by atoms with van der Waals surface area (Å²) >= 11 is 0. The molecule has 2 aromatic heterocycles. The summed E-state index contributed by atoms with van der Waals surface area (Å²) in [4.78, 5) is 22.8. The molecule has 2 heterocycles. The fourth-order valence-electron chi connectivity index (χ4n) is 2.02. The summed E-state index contributed by atoms with van der Waals surface area (Å²) in [7, 11) is 0. The predicted molar refractivity (Wildman–Crippen MR) is 71.0 cm³/mol. The van der Waals surface area contributed by atoms with E-state index in [1.807, 2.05) is 18.2 Å². The average molecular weight is 253 g/mol. The van der Waals surface area contributed by atoms with Crippen LogP contribution >= 0.6 is 0 Å². The second kappa shape index (κ2) is 4.20. The Kier molecular flexibility index (Phi) is 2.52. The van der Waals surface area contributed by atoms with Gasteiger partial charge in [0.15, 0.2) is 5.82 Å². The standard InChI is InChI=1S/C14H11N3O2/c1-8-6-11-12(7-9(8)14(18)19)17-13(16-11)10-4-2-3-5-15-10/h2-7H,1H3,(H,16,17)(H,18,19). The third-order valence-corrected chi connectivity index (χ3v) is 2.97. The van der Waals surface area contributed by atoms with Gasteiger partial charge in [-0.25, -0.2) is 9.78 Å². The van der Waals surface area contributed by atoms with Crippen LogP contribution in [0.25, 0.3) is 22.6 Å². The van der Waals surface area contributed by atoms with Crippen LogP contribution in [0.2, 0.25) is 0 Å². The Morgan fingerprint density at radius 3 is 2.84 bits per heavy atom. The number of aromatic carboxylic acids is 1. The van der Waals surface area contributed by atoms with Gasteiger partial charge in [0, 0.05) is 6.20 Å². The number of carbonyl (C=O) groups is 1. The van der Waals surface area contributed by atoms with Crippen LogP contribution in [-0.4, -0.2) is 26.0 Å². The van der Waals surface area contributed by atoms with E-state index in [-0.39, 0.29) is 5.56 Å². The quantitative estimate of drug-likeness (QED) is 0.735. The minimum Gasteiger partial charge on any atom is -0.478 e. The molecule has 0 radical (unpaired) electrons. The van der Waals surface area contributed by atoms with E-state index in [0.29, 0.717) is 16.9 Å². The van der Waals surface area contributed by atoms with Gasteiger partial charge in [-0.05, 0) is 36.8 Å². The lowest BCUT2D eigenvalue weighted by Gasteiger charge is -1.99. The first-order valence-corrected chi connectivity index (χ1v) is 5.80. The van der Waals surface area contributed by atoms with Crippen molar-refractivity contribution in [1.82, 2.24) is 15.0 Å². The number of nitrogens with zero attached hydrogens (tertiary/aromatic N) is 2. The van der Waals surface area contributed by atoms with Gasteiger partial charge >= 0.3 is 5.97 Å². The number of aromatic amines is 1. The molecule has 5 nitrogen and oxygen atoms in total. The van der Waals surface area contributed by atoms with Crippen LogP contribution in [0.3, 0.4) is 0 Å². The van der Waals surface area contributed by atoms with Crippen LogP contribution in [0.4, 0.5) is 0 Å². The second-order valence-corrected chi connectivity index (χ2v) is 4.29. The second-order valence-electron chi connectivity index (χ2n) is 4.29. The monoisotopic (exact) mass is 253 g/mol. The van der Waals surface area contributed by atoms with Gasteiger partial charge in [-0.1, -0.05) is 6.07 Å². The molecular formula is C14H11N3O2. The highest BCUT2D eigenvalue weighted by Gasteiger charge is 2.12. The zero-order valence-electron chi connectivity index (χ0n) is 10.2. The van der Waals surface area contributed by atoms with E-state index in [0.717, 1.165) is 11.2 Å². The number of nitrogens with one attached hydrogen (secondary N) is 1. The molecule has 94 valence electrons. The predicted octanol–water partition coefficient (Wildman–Crippen LogP) is 2.63. The van der Waals surface area contributed by atoms with Crippen LogP contribution in [-0.2, 0) is 0 Å². The number of carboxylic acids is 1. The molecule has 3 rings (SSSR count). The molecule has 0 aliphatic carbocycles. The summed E-state index contributed by atoms with van der Waals surface area (Å²) < 4.78 is 0. The number of fused-ring (bicyclic) bond motifs is 1. The molecule has 0 unspecified atom stereocenters. The van der Waals surface area contributed by atoms with Gasteiger partial charge in [-0.2, -0.15) is 0 Å². The molecule has 0 saturated heterocycles. The van der Waals surface area contributed by atoms with Gasteiger partial charge < -0.3 is 10.1 Å². The van der Waals surface area contributed by atoms with Crippen molar-refractivity contribution >= 4 is 17.0 Å². The first-order valence-electron chi connectivity index (χ1n) is 5.80. The molecule has 5 heteroatoms. The number of aromatic nitrogens is 3. The lowest BCUT2D eigenvalue weighted by molar-refractivity contribution is 0.0696. The number of carboxylic acid groups (broad SMARTS) is 1. The number of aryl methyl sites for hydroxylation is 1. The number of hydrogen-bond donors (Lipinski definition) is 2. The highest BCUT2D eigenvalue weighted by molar-refractivity contribution is 5.94. The summed E-state index contributed by atoms with van der Waals surface area (Å²) in [5.41, 5.74) is 3.14. The zero-order chi connectivity index (χ0) is 13.4. The number of hydrogen-bond acceptors (Lipinski definition) is 3. The molecule has 0 fully saturated rings. The Morgan fingerprint density at radius 1 is 1.32 bits per heavy atom. The molecule has 19 heavy (non-hydrogen) atoms. The molecule has 2 N–H and O–H groups in total. The van der Waals surface area contributed by atoms with Crippen molar-refractivity contribution in [2.75, 3.05) is 0 Å². The van der Waals surface area contributed by atoms with Crippen molar-refractivity contribution in [1.29, 1.82) is 0 Å².